The van der Waals surface area contributed by atoms with Gasteiger partial charge in [-0.25, -0.2) is 0 Å². The van der Waals surface area contributed by atoms with Crippen molar-refractivity contribution in [3.63, 3.8) is 0 Å². The summed E-state index contributed by atoms with van der Waals surface area (Å²) in [7, 11) is 0. The van der Waals surface area contributed by atoms with Gasteiger partial charge in [-0.05, 0) is 34.1 Å². The topological polar surface area (TPSA) is 38.3 Å². The number of nitrogens with one attached hydrogen (secondary N) is 1. The number of rotatable bonds is 6. The summed E-state index contributed by atoms with van der Waals surface area (Å²) in [5.41, 5.74) is -0.251. The van der Waals surface area contributed by atoms with E-state index in [4.69, 9.17) is 16.3 Å². The average Bonchev–Trinajstić information content (AvgIpc) is 1.99. The summed E-state index contributed by atoms with van der Waals surface area (Å²) in [5.74, 6) is 0.451. The van der Waals surface area contributed by atoms with Crippen LogP contribution in [0, 0.1) is 0 Å². The van der Waals surface area contributed by atoms with Crippen molar-refractivity contribution >= 4 is 17.5 Å². The first-order chi connectivity index (χ1) is 6.37. The van der Waals surface area contributed by atoms with Crippen molar-refractivity contribution in [3.8, 4) is 0 Å². The SMILES string of the molecule is CC(C)OCC(=O)NC(C)(C)CCCl. The second-order valence-electron chi connectivity index (χ2n) is 4.23. The van der Waals surface area contributed by atoms with E-state index in [2.05, 4.69) is 5.32 Å². The minimum absolute atomic E-state index is 0.0805. The van der Waals surface area contributed by atoms with Crippen LogP contribution >= 0.6 is 11.6 Å². The molecule has 14 heavy (non-hydrogen) atoms. The van der Waals surface area contributed by atoms with Gasteiger partial charge in [-0.1, -0.05) is 0 Å². The molecule has 3 nitrogen and oxygen atoms in total. The smallest absolute Gasteiger partial charge is 0.246 e. The monoisotopic (exact) mass is 221 g/mol. The van der Waals surface area contributed by atoms with Gasteiger partial charge in [0.2, 0.25) is 5.91 Å². The van der Waals surface area contributed by atoms with Crippen LogP contribution in [-0.2, 0) is 9.53 Å². The lowest BCUT2D eigenvalue weighted by atomic mass is 10.0. The Kier molecular flexibility index (Phi) is 6.12. The van der Waals surface area contributed by atoms with E-state index in [-0.39, 0.29) is 24.2 Å². The van der Waals surface area contributed by atoms with Crippen molar-refractivity contribution < 1.29 is 9.53 Å². The molecule has 0 bridgehead atoms. The third-order valence-electron chi connectivity index (χ3n) is 1.75. The van der Waals surface area contributed by atoms with Crippen molar-refractivity contribution in [3.05, 3.63) is 0 Å². The molecule has 0 aliphatic carbocycles. The van der Waals surface area contributed by atoms with Crippen molar-refractivity contribution in [1.82, 2.24) is 5.32 Å². The maximum absolute atomic E-state index is 11.4. The zero-order valence-corrected chi connectivity index (χ0v) is 10.1. The number of amides is 1. The van der Waals surface area contributed by atoms with Gasteiger partial charge in [0.15, 0.2) is 0 Å². The van der Waals surface area contributed by atoms with E-state index >= 15 is 0 Å². The van der Waals surface area contributed by atoms with Crippen LogP contribution < -0.4 is 5.32 Å². The lowest BCUT2D eigenvalue weighted by molar-refractivity contribution is -0.128. The predicted octanol–water partition coefficient (Wildman–Crippen LogP) is 1.94. The zero-order valence-electron chi connectivity index (χ0n) is 9.39. The van der Waals surface area contributed by atoms with Gasteiger partial charge in [0.05, 0.1) is 6.10 Å². The maximum Gasteiger partial charge on any atom is 0.246 e. The minimum Gasteiger partial charge on any atom is -0.369 e. The van der Waals surface area contributed by atoms with E-state index in [1.807, 2.05) is 27.7 Å². The summed E-state index contributed by atoms with van der Waals surface area (Å²) in [6.45, 7) is 7.81. The molecule has 84 valence electrons. The predicted molar refractivity (Wildman–Crippen MR) is 58.6 cm³/mol. The van der Waals surface area contributed by atoms with Gasteiger partial charge in [0.1, 0.15) is 6.61 Å². The molecule has 0 saturated carbocycles. The minimum atomic E-state index is -0.251. The van der Waals surface area contributed by atoms with E-state index in [0.29, 0.717) is 5.88 Å². The van der Waals surface area contributed by atoms with Crippen molar-refractivity contribution in [2.45, 2.75) is 45.8 Å². The van der Waals surface area contributed by atoms with Crippen LogP contribution in [0.2, 0.25) is 0 Å². The highest BCUT2D eigenvalue weighted by Gasteiger charge is 2.19. The Hall–Kier alpha value is -0.280. The first kappa shape index (κ1) is 13.7. The summed E-state index contributed by atoms with van der Waals surface area (Å²) in [6, 6.07) is 0. The Bertz CT molecular complexity index is 181. The number of halogens is 1. The number of alkyl halides is 1. The number of hydrogen-bond acceptors (Lipinski definition) is 2. The fourth-order valence-corrected chi connectivity index (χ4v) is 1.43. The Balaban J connectivity index is 3.81. The van der Waals surface area contributed by atoms with Crippen LogP contribution in [0.25, 0.3) is 0 Å². The molecule has 0 rings (SSSR count). The molecule has 0 aromatic heterocycles. The first-order valence-electron chi connectivity index (χ1n) is 4.86. The Morgan fingerprint density at radius 1 is 1.50 bits per heavy atom. The second kappa shape index (κ2) is 6.25. The third kappa shape index (κ3) is 7.15. The standard InChI is InChI=1S/C10H20ClNO2/c1-8(2)14-7-9(13)12-10(3,4)5-6-11/h8H,5-7H2,1-4H3,(H,12,13). The second-order valence-corrected chi connectivity index (χ2v) is 4.61. The number of hydrogen-bond donors (Lipinski definition) is 1. The molecule has 4 heteroatoms. The first-order valence-corrected chi connectivity index (χ1v) is 5.39. The van der Waals surface area contributed by atoms with Crippen LogP contribution in [0.15, 0.2) is 0 Å². The molecule has 0 heterocycles. The van der Waals surface area contributed by atoms with Crippen LogP contribution in [0.4, 0.5) is 0 Å². The zero-order chi connectivity index (χ0) is 11.2. The summed E-state index contributed by atoms with van der Waals surface area (Å²) in [4.78, 5) is 11.4. The fraction of sp³-hybridized carbons (Fsp3) is 0.900. The van der Waals surface area contributed by atoms with Crippen LogP contribution in [0.1, 0.15) is 34.1 Å². The molecule has 0 saturated heterocycles. The molecule has 0 fully saturated rings. The molecule has 0 aliphatic heterocycles. The maximum atomic E-state index is 11.4. The third-order valence-corrected chi connectivity index (χ3v) is 1.93. The van der Waals surface area contributed by atoms with Gasteiger partial charge in [0.25, 0.3) is 0 Å². The number of carbonyl (C=O) groups excluding carboxylic acids is 1. The molecule has 0 aromatic rings. The highest BCUT2D eigenvalue weighted by Crippen LogP contribution is 2.08. The Morgan fingerprint density at radius 2 is 2.07 bits per heavy atom. The fourth-order valence-electron chi connectivity index (χ4n) is 0.955. The largest absolute Gasteiger partial charge is 0.369 e. The molecular formula is C10H20ClNO2. The van der Waals surface area contributed by atoms with Gasteiger partial charge in [-0.2, -0.15) is 0 Å². The molecule has 0 unspecified atom stereocenters. The Morgan fingerprint density at radius 3 is 2.50 bits per heavy atom. The molecule has 0 atom stereocenters. The van der Waals surface area contributed by atoms with Crippen LogP contribution in [0.3, 0.4) is 0 Å². The molecule has 0 aromatic carbocycles. The average molecular weight is 222 g/mol. The highest BCUT2D eigenvalue weighted by atomic mass is 35.5. The Labute approximate surface area is 91.2 Å². The van der Waals surface area contributed by atoms with E-state index in [0.717, 1.165) is 6.42 Å². The van der Waals surface area contributed by atoms with Crippen molar-refractivity contribution in [2.24, 2.45) is 0 Å². The van der Waals surface area contributed by atoms with E-state index in [1.165, 1.54) is 0 Å². The van der Waals surface area contributed by atoms with E-state index in [9.17, 15) is 4.79 Å². The molecule has 1 N–H and O–H groups in total. The molecule has 0 aliphatic rings. The number of ether oxygens (including phenoxy) is 1. The van der Waals surface area contributed by atoms with Gasteiger partial charge in [-0.15, -0.1) is 11.6 Å². The van der Waals surface area contributed by atoms with Gasteiger partial charge >= 0.3 is 0 Å². The summed E-state index contributed by atoms with van der Waals surface area (Å²) in [5, 5.41) is 2.86. The van der Waals surface area contributed by atoms with Crippen molar-refractivity contribution in [2.75, 3.05) is 12.5 Å². The molecule has 0 spiro atoms. The van der Waals surface area contributed by atoms with Gasteiger partial charge < -0.3 is 10.1 Å². The van der Waals surface area contributed by atoms with Crippen LogP contribution in [0.5, 0.6) is 0 Å². The summed E-state index contributed by atoms with van der Waals surface area (Å²) in [6.07, 6.45) is 0.832. The molecule has 0 radical (unpaired) electrons. The van der Waals surface area contributed by atoms with Gasteiger partial charge in [0, 0.05) is 11.4 Å². The molecular weight excluding hydrogens is 202 g/mol. The normalized spacial score (nSPS) is 11.9. The quantitative estimate of drug-likeness (QED) is 0.697. The lowest BCUT2D eigenvalue weighted by Gasteiger charge is -2.25. The van der Waals surface area contributed by atoms with E-state index < -0.39 is 0 Å². The van der Waals surface area contributed by atoms with E-state index in [1.54, 1.807) is 0 Å². The summed E-state index contributed by atoms with van der Waals surface area (Å²) < 4.78 is 5.18. The summed E-state index contributed by atoms with van der Waals surface area (Å²) >= 11 is 5.61. The van der Waals surface area contributed by atoms with Crippen molar-refractivity contribution in [1.29, 1.82) is 0 Å². The van der Waals surface area contributed by atoms with Crippen LogP contribution in [-0.4, -0.2) is 30.0 Å². The lowest BCUT2D eigenvalue weighted by Crippen LogP contribution is -2.45. The van der Waals surface area contributed by atoms with Gasteiger partial charge in [-0.3, -0.25) is 4.79 Å². The number of carbonyl (C=O) groups is 1. The molecule has 1 amide bonds. The highest BCUT2D eigenvalue weighted by molar-refractivity contribution is 6.17.